The summed E-state index contributed by atoms with van der Waals surface area (Å²) in [6, 6.07) is 0. The number of hydrogen-bond acceptors (Lipinski definition) is 4. The van der Waals surface area contributed by atoms with Gasteiger partial charge in [0, 0.05) is 12.5 Å². The highest BCUT2D eigenvalue weighted by atomic mass is 16.5. The van der Waals surface area contributed by atoms with Gasteiger partial charge in [-0.3, -0.25) is 0 Å². The predicted octanol–water partition coefficient (Wildman–Crippen LogP) is 1.01. The lowest BCUT2D eigenvalue weighted by molar-refractivity contribution is 0.0592. The zero-order valence-corrected chi connectivity index (χ0v) is 8.87. The number of ether oxygens (including phenoxy) is 2. The number of carbonyl (C=O) groups is 1. The molecule has 5 heteroatoms. The van der Waals surface area contributed by atoms with Gasteiger partial charge in [-0.05, 0) is 13.3 Å². The SMILES string of the molecule is COC(=O)c1nc(C)[nH]c1C1CCOC1. The van der Waals surface area contributed by atoms with E-state index in [1.165, 1.54) is 7.11 Å². The number of carbonyl (C=O) groups excluding carboxylic acids is 1. The van der Waals surface area contributed by atoms with Crippen molar-refractivity contribution in [1.29, 1.82) is 0 Å². The summed E-state index contributed by atoms with van der Waals surface area (Å²) in [5.41, 5.74) is 1.24. The molecule has 1 unspecified atom stereocenters. The van der Waals surface area contributed by atoms with Gasteiger partial charge in [0.25, 0.3) is 0 Å². The minimum Gasteiger partial charge on any atom is -0.464 e. The summed E-state index contributed by atoms with van der Waals surface area (Å²) in [5.74, 6) is 0.582. The van der Waals surface area contributed by atoms with Crippen molar-refractivity contribution >= 4 is 5.97 Å². The Kier molecular flexibility index (Phi) is 2.73. The third-order valence-corrected chi connectivity index (χ3v) is 2.57. The maximum absolute atomic E-state index is 11.5. The molecule has 0 radical (unpaired) electrons. The maximum Gasteiger partial charge on any atom is 0.358 e. The molecule has 1 fully saturated rings. The number of nitrogens with one attached hydrogen (secondary N) is 1. The zero-order chi connectivity index (χ0) is 10.8. The largest absolute Gasteiger partial charge is 0.464 e. The molecule has 2 heterocycles. The second kappa shape index (κ2) is 4.02. The van der Waals surface area contributed by atoms with Gasteiger partial charge in [-0.15, -0.1) is 0 Å². The first kappa shape index (κ1) is 10.2. The van der Waals surface area contributed by atoms with Crippen LogP contribution in [0.1, 0.15) is 34.3 Å². The van der Waals surface area contributed by atoms with Crippen LogP contribution in [0.2, 0.25) is 0 Å². The lowest BCUT2D eigenvalue weighted by Gasteiger charge is -2.06. The molecule has 0 aliphatic carbocycles. The topological polar surface area (TPSA) is 64.2 Å². The summed E-state index contributed by atoms with van der Waals surface area (Å²) in [6.45, 7) is 3.21. The average molecular weight is 210 g/mol. The minimum atomic E-state index is -0.388. The molecule has 1 aliphatic heterocycles. The molecule has 1 aromatic heterocycles. The van der Waals surface area contributed by atoms with E-state index in [1.54, 1.807) is 0 Å². The van der Waals surface area contributed by atoms with Gasteiger partial charge in [0.1, 0.15) is 5.82 Å². The third kappa shape index (κ3) is 1.87. The molecule has 1 atom stereocenters. The van der Waals surface area contributed by atoms with Crippen LogP contribution in [-0.4, -0.2) is 36.3 Å². The standard InChI is InChI=1S/C10H14N2O3/c1-6-11-8(7-3-4-15-5-7)9(12-6)10(13)14-2/h7H,3-5H2,1-2H3,(H,11,12). The van der Waals surface area contributed by atoms with E-state index in [-0.39, 0.29) is 11.9 Å². The fourth-order valence-electron chi connectivity index (χ4n) is 1.82. The van der Waals surface area contributed by atoms with Crippen molar-refractivity contribution in [3.8, 4) is 0 Å². The van der Waals surface area contributed by atoms with Crippen molar-refractivity contribution in [1.82, 2.24) is 9.97 Å². The van der Waals surface area contributed by atoms with Crippen LogP contribution in [0.4, 0.5) is 0 Å². The van der Waals surface area contributed by atoms with Gasteiger partial charge in [0.15, 0.2) is 5.69 Å². The van der Waals surface area contributed by atoms with E-state index in [4.69, 9.17) is 4.74 Å². The number of aryl methyl sites for hydroxylation is 1. The Morgan fingerprint density at radius 3 is 3.07 bits per heavy atom. The van der Waals surface area contributed by atoms with Crippen molar-refractivity contribution in [2.24, 2.45) is 0 Å². The Morgan fingerprint density at radius 1 is 1.67 bits per heavy atom. The molecule has 5 nitrogen and oxygen atoms in total. The van der Waals surface area contributed by atoms with Crippen molar-refractivity contribution < 1.29 is 14.3 Å². The first-order valence-electron chi connectivity index (χ1n) is 4.95. The highest BCUT2D eigenvalue weighted by Gasteiger charge is 2.26. The Morgan fingerprint density at radius 2 is 2.47 bits per heavy atom. The molecule has 1 saturated heterocycles. The summed E-state index contributed by atoms with van der Waals surface area (Å²) in [6.07, 6.45) is 0.922. The van der Waals surface area contributed by atoms with Crippen molar-refractivity contribution in [3.05, 3.63) is 17.2 Å². The fraction of sp³-hybridized carbons (Fsp3) is 0.600. The van der Waals surface area contributed by atoms with Gasteiger partial charge >= 0.3 is 5.97 Å². The Balaban J connectivity index is 2.32. The van der Waals surface area contributed by atoms with E-state index < -0.39 is 0 Å². The normalized spacial score (nSPS) is 20.5. The summed E-state index contributed by atoms with van der Waals surface area (Å²) >= 11 is 0. The number of aromatic amines is 1. The summed E-state index contributed by atoms with van der Waals surface area (Å²) in [5, 5.41) is 0. The lowest BCUT2D eigenvalue weighted by atomic mass is 10.0. The molecule has 0 amide bonds. The van der Waals surface area contributed by atoms with E-state index in [0.29, 0.717) is 12.3 Å². The van der Waals surface area contributed by atoms with E-state index >= 15 is 0 Å². The van der Waals surface area contributed by atoms with Crippen molar-refractivity contribution in [3.63, 3.8) is 0 Å². The molecule has 0 aromatic carbocycles. The number of hydrogen-bond donors (Lipinski definition) is 1. The third-order valence-electron chi connectivity index (χ3n) is 2.57. The van der Waals surface area contributed by atoms with Crippen LogP contribution >= 0.6 is 0 Å². The van der Waals surface area contributed by atoms with Crippen LogP contribution < -0.4 is 0 Å². The molecule has 15 heavy (non-hydrogen) atoms. The van der Waals surface area contributed by atoms with Crippen LogP contribution in [-0.2, 0) is 9.47 Å². The van der Waals surface area contributed by atoms with Gasteiger partial charge in [0.2, 0.25) is 0 Å². The molecule has 1 N–H and O–H groups in total. The first-order chi connectivity index (χ1) is 7.22. The van der Waals surface area contributed by atoms with Crippen LogP contribution in [0.15, 0.2) is 0 Å². The van der Waals surface area contributed by atoms with Crippen LogP contribution in [0.3, 0.4) is 0 Å². The summed E-state index contributed by atoms with van der Waals surface area (Å²) in [4.78, 5) is 18.7. The van der Waals surface area contributed by atoms with Crippen molar-refractivity contribution in [2.75, 3.05) is 20.3 Å². The second-order valence-corrected chi connectivity index (χ2v) is 3.64. The minimum absolute atomic E-state index is 0.236. The quantitative estimate of drug-likeness (QED) is 0.740. The molecule has 2 rings (SSSR count). The molecular weight excluding hydrogens is 196 g/mol. The van der Waals surface area contributed by atoms with Crippen LogP contribution in [0, 0.1) is 6.92 Å². The Labute approximate surface area is 87.8 Å². The molecule has 0 saturated carbocycles. The molecule has 0 spiro atoms. The number of esters is 1. The Hall–Kier alpha value is -1.36. The summed E-state index contributed by atoms with van der Waals surface area (Å²) < 4.78 is 9.98. The van der Waals surface area contributed by atoms with E-state index in [1.807, 2.05) is 6.92 Å². The molecule has 0 bridgehead atoms. The molecule has 1 aromatic rings. The van der Waals surface area contributed by atoms with Crippen LogP contribution in [0.25, 0.3) is 0 Å². The second-order valence-electron chi connectivity index (χ2n) is 3.64. The van der Waals surface area contributed by atoms with Gasteiger partial charge in [0.05, 0.1) is 19.4 Å². The highest BCUT2D eigenvalue weighted by Crippen LogP contribution is 2.26. The first-order valence-corrected chi connectivity index (χ1v) is 4.95. The number of rotatable bonds is 2. The molecular formula is C10H14N2O3. The van der Waals surface area contributed by atoms with Crippen LogP contribution in [0.5, 0.6) is 0 Å². The number of nitrogens with zero attached hydrogens (tertiary/aromatic N) is 1. The van der Waals surface area contributed by atoms with E-state index in [2.05, 4.69) is 14.7 Å². The van der Waals surface area contributed by atoms with Crippen molar-refractivity contribution in [2.45, 2.75) is 19.3 Å². The van der Waals surface area contributed by atoms with E-state index in [0.717, 1.165) is 24.5 Å². The van der Waals surface area contributed by atoms with Gasteiger partial charge in [-0.25, -0.2) is 9.78 Å². The Bertz CT molecular complexity index is 367. The van der Waals surface area contributed by atoms with Gasteiger partial charge in [-0.2, -0.15) is 0 Å². The number of aromatic nitrogens is 2. The monoisotopic (exact) mass is 210 g/mol. The van der Waals surface area contributed by atoms with Gasteiger partial charge in [-0.1, -0.05) is 0 Å². The smallest absolute Gasteiger partial charge is 0.358 e. The molecule has 1 aliphatic rings. The van der Waals surface area contributed by atoms with E-state index in [9.17, 15) is 4.79 Å². The number of imidazole rings is 1. The number of H-pyrrole nitrogens is 1. The zero-order valence-electron chi connectivity index (χ0n) is 8.87. The maximum atomic E-state index is 11.5. The summed E-state index contributed by atoms with van der Waals surface area (Å²) in [7, 11) is 1.36. The fourth-order valence-corrected chi connectivity index (χ4v) is 1.82. The predicted molar refractivity (Wildman–Crippen MR) is 52.8 cm³/mol. The number of methoxy groups -OCH3 is 1. The molecule has 82 valence electrons. The highest BCUT2D eigenvalue weighted by molar-refractivity contribution is 5.88. The lowest BCUT2D eigenvalue weighted by Crippen LogP contribution is -2.09. The average Bonchev–Trinajstić information content (AvgIpc) is 2.84. The van der Waals surface area contributed by atoms with Gasteiger partial charge < -0.3 is 14.5 Å².